The van der Waals surface area contributed by atoms with Gasteiger partial charge in [0.2, 0.25) is 0 Å². The van der Waals surface area contributed by atoms with Crippen LogP contribution in [0.4, 0.5) is 0 Å². The maximum absolute atomic E-state index is 11.4. The van der Waals surface area contributed by atoms with E-state index in [2.05, 4.69) is 121 Å². The van der Waals surface area contributed by atoms with E-state index in [0.29, 0.717) is 0 Å². The van der Waals surface area contributed by atoms with Gasteiger partial charge in [-0.3, -0.25) is 0 Å². The molecule has 0 aliphatic heterocycles. The molecular weight excluding hydrogens is 477 g/mol. The molecule has 5 rings (SSSR count). The van der Waals surface area contributed by atoms with Crippen LogP contribution in [-0.2, 0) is 17.3 Å². The highest BCUT2D eigenvalue weighted by Gasteiger charge is 2.31. The topological polar surface area (TPSA) is 46.2 Å². The standard InChI is InChI=1S/C24H20B.C6H12N3O2S/c1-5-13-21(14-6-1)25(22-15-7-2-8-16-22,23-17-9-3-10-18-23)24-19-11-4-12-20-24;1-7(2)12(10,11)9-5-4-8(3)6-9/h1-20H;4-6H,1-3H3/q-1;+1. The molecular formula is C30H32BN3O2S. The van der Waals surface area contributed by atoms with E-state index >= 15 is 0 Å². The minimum absolute atomic E-state index is 1.16. The first kappa shape index (κ1) is 26.1. The van der Waals surface area contributed by atoms with Crippen molar-refractivity contribution in [3.8, 4) is 0 Å². The molecule has 1 aromatic heterocycles. The summed E-state index contributed by atoms with van der Waals surface area (Å²) in [5.41, 5.74) is 5.36. The van der Waals surface area contributed by atoms with Crippen molar-refractivity contribution >= 4 is 38.2 Å². The monoisotopic (exact) mass is 509 g/mol. The number of benzene rings is 4. The van der Waals surface area contributed by atoms with Crippen LogP contribution in [-0.4, -0.2) is 36.9 Å². The van der Waals surface area contributed by atoms with Crippen molar-refractivity contribution < 1.29 is 13.0 Å². The van der Waals surface area contributed by atoms with Crippen LogP contribution < -0.4 is 26.4 Å². The largest absolute Gasteiger partial charge is 0.379 e. The molecule has 0 atom stereocenters. The molecule has 1 heterocycles. The molecule has 0 fully saturated rings. The molecule has 37 heavy (non-hydrogen) atoms. The van der Waals surface area contributed by atoms with E-state index in [0.717, 1.165) is 8.28 Å². The molecule has 0 spiro atoms. The van der Waals surface area contributed by atoms with Gasteiger partial charge >= 0.3 is 10.2 Å². The average Bonchev–Trinajstić information content (AvgIpc) is 3.39. The van der Waals surface area contributed by atoms with Crippen LogP contribution in [0.2, 0.25) is 0 Å². The molecule has 7 heteroatoms. The third-order valence-corrected chi connectivity index (χ3v) is 8.34. The van der Waals surface area contributed by atoms with Gasteiger partial charge in [-0.1, -0.05) is 121 Å². The molecule has 0 radical (unpaired) electrons. The molecule has 0 N–H and O–H groups in total. The first-order valence-electron chi connectivity index (χ1n) is 12.2. The summed E-state index contributed by atoms with van der Waals surface area (Å²) in [6.45, 7) is 0. The Bertz CT molecular complexity index is 1340. The zero-order valence-corrected chi connectivity index (χ0v) is 22.2. The third kappa shape index (κ3) is 5.43. The van der Waals surface area contributed by atoms with Crippen molar-refractivity contribution in [2.24, 2.45) is 7.05 Å². The van der Waals surface area contributed by atoms with Gasteiger partial charge in [0.25, 0.3) is 6.33 Å². The molecule has 0 saturated heterocycles. The van der Waals surface area contributed by atoms with E-state index in [-0.39, 0.29) is 0 Å². The van der Waals surface area contributed by atoms with Gasteiger partial charge in [0.1, 0.15) is 18.5 Å². The number of aryl methyl sites for hydroxylation is 1. The highest BCUT2D eigenvalue weighted by Crippen LogP contribution is 2.09. The lowest BCUT2D eigenvalue weighted by atomic mass is 9.13. The van der Waals surface area contributed by atoms with E-state index in [1.165, 1.54) is 48.5 Å². The molecule has 0 bridgehead atoms. The van der Waals surface area contributed by atoms with Crippen LogP contribution in [0.1, 0.15) is 0 Å². The minimum atomic E-state index is -3.33. The maximum Gasteiger partial charge on any atom is 0.379 e. The van der Waals surface area contributed by atoms with Gasteiger partial charge in [0.05, 0.1) is 7.05 Å². The van der Waals surface area contributed by atoms with Gasteiger partial charge in [-0.25, -0.2) is 4.57 Å². The molecule has 0 saturated carbocycles. The molecule has 5 aromatic rings. The Kier molecular flexibility index (Phi) is 8.06. The van der Waals surface area contributed by atoms with Gasteiger partial charge in [0, 0.05) is 14.1 Å². The van der Waals surface area contributed by atoms with E-state index < -0.39 is 16.4 Å². The van der Waals surface area contributed by atoms with Gasteiger partial charge in [-0.05, 0) is 0 Å². The van der Waals surface area contributed by atoms with Crippen LogP contribution in [0.3, 0.4) is 0 Å². The molecule has 0 aliphatic carbocycles. The summed E-state index contributed by atoms with van der Waals surface area (Å²) in [5, 5.41) is 0. The van der Waals surface area contributed by atoms with Crippen LogP contribution in [0.5, 0.6) is 0 Å². The third-order valence-electron chi connectivity index (χ3n) is 6.67. The number of rotatable bonds is 6. The Hall–Kier alpha value is -3.94. The molecule has 0 amide bonds. The number of nitrogens with zero attached hydrogens (tertiary/aromatic N) is 3. The fraction of sp³-hybridized carbons (Fsp3) is 0.100. The Labute approximate surface area is 220 Å². The fourth-order valence-electron chi connectivity index (χ4n) is 4.87. The van der Waals surface area contributed by atoms with E-state index in [1.54, 1.807) is 17.8 Å². The predicted octanol–water partition coefficient (Wildman–Crippen LogP) is 2.03. The van der Waals surface area contributed by atoms with Crippen LogP contribution in [0.15, 0.2) is 140 Å². The second kappa shape index (κ2) is 11.4. The normalized spacial score (nSPS) is 11.6. The maximum atomic E-state index is 11.4. The van der Waals surface area contributed by atoms with E-state index in [4.69, 9.17) is 0 Å². The molecule has 0 aliphatic rings. The summed E-state index contributed by atoms with van der Waals surface area (Å²) < 4.78 is 26.8. The van der Waals surface area contributed by atoms with Crippen molar-refractivity contribution in [2.45, 2.75) is 0 Å². The number of imidazole rings is 1. The van der Waals surface area contributed by atoms with Crippen molar-refractivity contribution in [1.82, 2.24) is 8.28 Å². The lowest BCUT2D eigenvalue weighted by Crippen LogP contribution is -2.74. The van der Waals surface area contributed by atoms with Crippen LogP contribution in [0, 0.1) is 0 Å². The first-order valence-corrected chi connectivity index (χ1v) is 13.6. The summed E-state index contributed by atoms with van der Waals surface area (Å²) >= 11 is 0. The SMILES string of the molecule is CN(C)S(=O)(=O)n1cc[n+](C)c1.c1ccc([B-](c2ccccc2)(c2ccccc2)c2ccccc2)cc1. The minimum Gasteiger partial charge on any atom is -0.238 e. The summed E-state index contributed by atoms with van der Waals surface area (Å²) in [5.74, 6) is 0. The summed E-state index contributed by atoms with van der Waals surface area (Å²) in [7, 11) is 1.43. The summed E-state index contributed by atoms with van der Waals surface area (Å²) in [6, 6.07) is 43.5. The number of hydrogen-bond acceptors (Lipinski definition) is 2. The molecule has 5 nitrogen and oxygen atoms in total. The van der Waals surface area contributed by atoms with Gasteiger partial charge in [0.15, 0.2) is 0 Å². The van der Waals surface area contributed by atoms with E-state index in [1.807, 2.05) is 0 Å². The predicted molar refractivity (Wildman–Crippen MR) is 154 cm³/mol. The number of hydrogen-bond donors (Lipinski definition) is 0. The van der Waals surface area contributed by atoms with Gasteiger partial charge in [-0.15, -0.1) is 3.97 Å². The van der Waals surface area contributed by atoms with Crippen molar-refractivity contribution in [2.75, 3.05) is 14.1 Å². The van der Waals surface area contributed by atoms with Crippen LogP contribution >= 0.6 is 0 Å². The first-order chi connectivity index (χ1) is 17.9. The Balaban J connectivity index is 0.000000225. The van der Waals surface area contributed by atoms with Crippen molar-refractivity contribution in [1.29, 1.82) is 0 Å². The smallest absolute Gasteiger partial charge is 0.238 e. The van der Waals surface area contributed by atoms with Crippen molar-refractivity contribution in [3.05, 3.63) is 140 Å². The average molecular weight is 509 g/mol. The lowest BCUT2D eigenvalue weighted by molar-refractivity contribution is -0.670. The second-order valence-electron chi connectivity index (χ2n) is 9.21. The second-order valence-corrected chi connectivity index (χ2v) is 11.3. The summed E-state index contributed by atoms with van der Waals surface area (Å²) in [4.78, 5) is 0. The zero-order chi connectivity index (χ0) is 26.3. The highest BCUT2D eigenvalue weighted by atomic mass is 32.2. The highest BCUT2D eigenvalue weighted by molar-refractivity contribution is 7.87. The summed E-state index contributed by atoms with van der Waals surface area (Å²) in [6.07, 6.45) is 3.44. The fourth-order valence-corrected chi connectivity index (χ4v) is 5.73. The van der Waals surface area contributed by atoms with Gasteiger partial charge in [-0.2, -0.15) is 34.6 Å². The molecule has 4 aromatic carbocycles. The quantitative estimate of drug-likeness (QED) is 0.260. The molecule has 0 unspecified atom stereocenters. The Morgan fingerprint density at radius 1 is 0.622 bits per heavy atom. The zero-order valence-electron chi connectivity index (χ0n) is 21.4. The van der Waals surface area contributed by atoms with Gasteiger partial charge < -0.3 is 0 Å². The van der Waals surface area contributed by atoms with Crippen molar-refractivity contribution in [3.63, 3.8) is 0 Å². The Morgan fingerprint density at radius 3 is 1.19 bits per heavy atom. The number of aromatic nitrogens is 2. The molecule has 188 valence electrons. The lowest BCUT2D eigenvalue weighted by Gasteiger charge is -2.44. The Morgan fingerprint density at radius 2 is 0.946 bits per heavy atom. The van der Waals surface area contributed by atoms with Crippen LogP contribution in [0.25, 0.3) is 0 Å². The van der Waals surface area contributed by atoms with E-state index in [9.17, 15) is 8.42 Å².